The van der Waals surface area contributed by atoms with Gasteiger partial charge in [0.25, 0.3) is 0 Å². The Hall–Kier alpha value is -0.640. The van der Waals surface area contributed by atoms with Gasteiger partial charge in [0.1, 0.15) is 5.75 Å². The Bertz CT molecular complexity index is 241. The molecule has 0 aliphatic carbocycles. The molecule has 4 heteroatoms. The maximum absolute atomic E-state index is 12.5. The van der Waals surface area contributed by atoms with Crippen LogP contribution in [0, 0.1) is 5.95 Å². The Labute approximate surface area is 65.8 Å². The zero-order valence-corrected chi connectivity index (χ0v) is 6.60. The molecule has 0 saturated heterocycles. The van der Waals surface area contributed by atoms with E-state index >= 15 is 0 Å². The van der Waals surface area contributed by atoms with Crippen molar-refractivity contribution in [2.75, 3.05) is 0 Å². The third-order valence-electron chi connectivity index (χ3n) is 1.04. The summed E-state index contributed by atoms with van der Waals surface area (Å²) in [6.07, 6.45) is 1.07. The summed E-state index contributed by atoms with van der Waals surface area (Å²) >= 11 is 3.05. The van der Waals surface area contributed by atoms with Crippen LogP contribution in [0.25, 0.3) is 0 Å². The second kappa shape index (κ2) is 2.96. The first-order valence-electron chi connectivity index (χ1n) is 2.63. The smallest absolute Gasteiger partial charge is 0.217 e. The lowest BCUT2D eigenvalue weighted by Crippen LogP contribution is -1.88. The van der Waals surface area contributed by atoms with Crippen LogP contribution < -0.4 is 0 Å². The summed E-state index contributed by atoms with van der Waals surface area (Å²) in [5, 5.41) is 9.18. The van der Waals surface area contributed by atoms with Gasteiger partial charge >= 0.3 is 0 Å². The monoisotopic (exact) mass is 205 g/mol. The Balaban J connectivity index is 3.09. The minimum Gasteiger partial charge on any atom is -0.506 e. The Morgan fingerprint density at radius 2 is 2.40 bits per heavy atom. The molecule has 0 unspecified atom stereocenters. The van der Waals surface area contributed by atoms with Gasteiger partial charge < -0.3 is 5.11 Å². The number of alkyl halides is 1. The minimum atomic E-state index is -0.547. The van der Waals surface area contributed by atoms with E-state index in [0.717, 1.165) is 6.20 Å². The van der Waals surface area contributed by atoms with Crippen LogP contribution in [0.3, 0.4) is 0 Å². The predicted octanol–water partition coefficient (Wildman–Crippen LogP) is 1.82. The van der Waals surface area contributed by atoms with Gasteiger partial charge in [-0.15, -0.1) is 0 Å². The van der Waals surface area contributed by atoms with Crippen molar-refractivity contribution in [2.24, 2.45) is 0 Å². The second-order valence-electron chi connectivity index (χ2n) is 1.78. The van der Waals surface area contributed by atoms with Gasteiger partial charge in [0.15, 0.2) is 0 Å². The fourth-order valence-corrected chi connectivity index (χ4v) is 0.968. The van der Waals surface area contributed by atoms with Gasteiger partial charge in [0, 0.05) is 10.9 Å². The largest absolute Gasteiger partial charge is 0.506 e. The first kappa shape index (κ1) is 7.47. The fourth-order valence-electron chi connectivity index (χ4n) is 0.575. The van der Waals surface area contributed by atoms with E-state index in [-0.39, 0.29) is 5.75 Å². The molecular formula is C6H5BrFNO. The molecule has 0 fully saturated rings. The molecule has 54 valence electrons. The number of halogens is 2. The highest BCUT2D eigenvalue weighted by Crippen LogP contribution is 2.14. The van der Waals surface area contributed by atoms with Crippen LogP contribution in [0.1, 0.15) is 5.56 Å². The first-order valence-corrected chi connectivity index (χ1v) is 3.75. The average Bonchev–Trinajstić information content (AvgIpc) is 1.94. The topological polar surface area (TPSA) is 33.1 Å². The molecule has 0 radical (unpaired) electrons. The van der Waals surface area contributed by atoms with Crippen LogP contribution in [0.5, 0.6) is 5.75 Å². The predicted molar refractivity (Wildman–Crippen MR) is 38.5 cm³/mol. The zero-order chi connectivity index (χ0) is 7.56. The van der Waals surface area contributed by atoms with Gasteiger partial charge in [-0.05, 0) is 6.07 Å². The maximum atomic E-state index is 12.5. The molecule has 1 aromatic rings. The van der Waals surface area contributed by atoms with Crippen LogP contribution in [0.2, 0.25) is 0 Å². The van der Waals surface area contributed by atoms with Crippen molar-refractivity contribution in [3.05, 3.63) is 23.8 Å². The van der Waals surface area contributed by atoms with Crippen molar-refractivity contribution in [2.45, 2.75) is 5.33 Å². The highest BCUT2D eigenvalue weighted by Gasteiger charge is 2.01. The van der Waals surface area contributed by atoms with E-state index in [1.807, 2.05) is 0 Å². The Morgan fingerprint density at radius 3 is 2.90 bits per heavy atom. The van der Waals surface area contributed by atoms with Gasteiger partial charge in [-0.3, -0.25) is 0 Å². The average molecular weight is 206 g/mol. The number of hydrogen-bond acceptors (Lipinski definition) is 2. The number of rotatable bonds is 1. The fraction of sp³-hybridized carbons (Fsp3) is 0.167. The van der Waals surface area contributed by atoms with E-state index in [0.29, 0.717) is 10.9 Å². The zero-order valence-electron chi connectivity index (χ0n) is 5.01. The lowest BCUT2D eigenvalue weighted by molar-refractivity contribution is 0.465. The summed E-state index contributed by atoms with van der Waals surface area (Å²) in [5.41, 5.74) is 0.361. The molecule has 1 aromatic heterocycles. The number of aromatic nitrogens is 1. The Kier molecular flexibility index (Phi) is 2.21. The van der Waals surface area contributed by atoms with Gasteiger partial charge in [-0.2, -0.15) is 4.39 Å². The van der Waals surface area contributed by atoms with Crippen molar-refractivity contribution >= 4 is 15.9 Å². The summed E-state index contributed by atoms with van der Waals surface area (Å²) in [6.45, 7) is 0. The highest BCUT2D eigenvalue weighted by atomic mass is 79.9. The summed E-state index contributed by atoms with van der Waals surface area (Å²) < 4.78 is 12.5. The molecular weight excluding hydrogens is 201 g/mol. The number of hydrogen-bond donors (Lipinski definition) is 1. The summed E-state index contributed by atoms with van der Waals surface area (Å²) in [5.74, 6) is -0.564. The standard InChI is InChI=1S/C6H5BrFNO/c7-2-4-1-5(10)3-9-6(4)8/h1,3,10H,2H2. The lowest BCUT2D eigenvalue weighted by atomic mass is 10.3. The molecule has 2 nitrogen and oxygen atoms in total. The number of nitrogens with zero attached hydrogens (tertiary/aromatic N) is 1. The normalized spacial score (nSPS) is 9.80. The van der Waals surface area contributed by atoms with Crippen molar-refractivity contribution in [1.82, 2.24) is 4.98 Å². The quantitative estimate of drug-likeness (QED) is 0.561. The van der Waals surface area contributed by atoms with Gasteiger partial charge in [0.05, 0.1) is 6.20 Å². The molecule has 0 atom stereocenters. The Morgan fingerprint density at radius 1 is 1.70 bits per heavy atom. The van der Waals surface area contributed by atoms with Crippen molar-refractivity contribution in [3.8, 4) is 5.75 Å². The van der Waals surface area contributed by atoms with Crippen molar-refractivity contribution in [3.63, 3.8) is 0 Å². The molecule has 0 aliphatic rings. The van der Waals surface area contributed by atoms with E-state index in [1.54, 1.807) is 0 Å². The molecule has 1 N–H and O–H groups in total. The number of aromatic hydroxyl groups is 1. The minimum absolute atomic E-state index is 0.0177. The van der Waals surface area contributed by atoms with E-state index in [9.17, 15) is 4.39 Å². The van der Waals surface area contributed by atoms with Gasteiger partial charge in [-0.1, -0.05) is 15.9 Å². The molecule has 1 heterocycles. The van der Waals surface area contributed by atoms with Gasteiger partial charge in [-0.25, -0.2) is 4.98 Å². The van der Waals surface area contributed by atoms with Gasteiger partial charge in [0.2, 0.25) is 5.95 Å². The maximum Gasteiger partial charge on any atom is 0.217 e. The summed E-state index contributed by atoms with van der Waals surface area (Å²) in [4.78, 5) is 3.30. The third-order valence-corrected chi connectivity index (χ3v) is 1.65. The molecule has 0 aromatic carbocycles. The van der Waals surface area contributed by atoms with E-state index in [2.05, 4.69) is 20.9 Å². The van der Waals surface area contributed by atoms with Crippen LogP contribution >= 0.6 is 15.9 Å². The molecule has 0 amide bonds. The first-order chi connectivity index (χ1) is 4.74. The second-order valence-corrected chi connectivity index (χ2v) is 2.34. The molecule has 10 heavy (non-hydrogen) atoms. The van der Waals surface area contributed by atoms with Crippen LogP contribution in [-0.4, -0.2) is 10.1 Å². The van der Waals surface area contributed by atoms with E-state index in [4.69, 9.17) is 5.11 Å². The van der Waals surface area contributed by atoms with E-state index in [1.165, 1.54) is 6.07 Å². The molecule has 0 saturated carbocycles. The number of pyridine rings is 1. The van der Waals surface area contributed by atoms with Crippen LogP contribution in [-0.2, 0) is 5.33 Å². The van der Waals surface area contributed by atoms with Crippen LogP contribution in [0.15, 0.2) is 12.3 Å². The summed E-state index contributed by atoms with van der Waals surface area (Å²) in [7, 11) is 0. The summed E-state index contributed by atoms with van der Waals surface area (Å²) in [6, 6.07) is 1.33. The van der Waals surface area contributed by atoms with E-state index < -0.39 is 5.95 Å². The molecule has 0 spiro atoms. The SMILES string of the molecule is Oc1cnc(F)c(CBr)c1. The molecule has 0 bridgehead atoms. The molecule has 0 aliphatic heterocycles. The third kappa shape index (κ3) is 1.44. The molecule has 1 rings (SSSR count). The van der Waals surface area contributed by atoms with Crippen molar-refractivity contribution in [1.29, 1.82) is 0 Å². The van der Waals surface area contributed by atoms with Crippen molar-refractivity contribution < 1.29 is 9.50 Å². The highest BCUT2D eigenvalue weighted by molar-refractivity contribution is 9.08. The lowest BCUT2D eigenvalue weighted by Gasteiger charge is -1.96. The van der Waals surface area contributed by atoms with Crippen LogP contribution in [0.4, 0.5) is 4.39 Å².